The number of methoxy groups -OCH3 is 2. The smallest absolute Gasteiger partial charge is 0.252 e. The van der Waals surface area contributed by atoms with Crippen LogP contribution in [0.15, 0.2) is 35.0 Å². The van der Waals surface area contributed by atoms with Crippen LogP contribution in [-0.4, -0.2) is 20.1 Å². The highest BCUT2D eigenvalue weighted by Gasteiger charge is 2.16. The van der Waals surface area contributed by atoms with E-state index in [-0.39, 0.29) is 11.9 Å². The predicted octanol–water partition coefficient (Wildman–Crippen LogP) is 3.26. The molecule has 0 saturated carbocycles. The summed E-state index contributed by atoms with van der Waals surface area (Å²) in [6.07, 6.45) is 0. The average molecular weight is 291 g/mol. The number of thiophene rings is 1. The van der Waals surface area contributed by atoms with Crippen molar-refractivity contribution in [3.63, 3.8) is 0 Å². The van der Waals surface area contributed by atoms with Crippen LogP contribution < -0.4 is 14.8 Å². The molecule has 1 unspecified atom stereocenters. The van der Waals surface area contributed by atoms with Crippen molar-refractivity contribution in [2.45, 2.75) is 13.0 Å². The minimum atomic E-state index is -0.150. The van der Waals surface area contributed by atoms with Gasteiger partial charge in [0.25, 0.3) is 5.91 Å². The van der Waals surface area contributed by atoms with Gasteiger partial charge in [-0.25, -0.2) is 0 Å². The maximum Gasteiger partial charge on any atom is 0.252 e. The highest BCUT2D eigenvalue weighted by Crippen LogP contribution is 2.29. The molecule has 0 saturated heterocycles. The molecule has 1 aromatic carbocycles. The molecule has 0 fully saturated rings. The standard InChI is InChI=1S/C15H17NO3S/c1-10(16-15(17)11-6-7-20-9-11)13-5-4-12(18-2)8-14(13)19-3/h4-10H,1-3H3,(H,16,17). The summed E-state index contributed by atoms with van der Waals surface area (Å²) in [4.78, 5) is 12.0. The Balaban J connectivity index is 2.16. The molecule has 1 N–H and O–H groups in total. The Bertz CT molecular complexity index is 581. The normalized spacial score (nSPS) is 11.8. The molecule has 4 nitrogen and oxygen atoms in total. The van der Waals surface area contributed by atoms with E-state index in [4.69, 9.17) is 9.47 Å². The first-order chi connectivity index (χ1) is 9.65. The van der Waals surface area contributed by atoms with E-state index in [9.17, 15) is 4.79 Å². The first-order valence-corrected chi connectivity index (χ1v) is 7.15. The monoisotopic (exact) mass is 291 g/mol. The molecule has 106 valence electrons. The molecule has 0 bridgehead atoms. The fraction of sp³-hybridized carbons (Fsp3) is 0.267. The van der Waals surface area contributed by atoms with Gasteiger partial charge in [-0.1, -0.05) is 0 Å². The SMILES string of the molecule is COc1ccc(C(C)NC(=O)c2ccsc2)c(OC)c1. The highest BCUT2D eigenvalue weighted by molar-refractivity contribution is 7.08. The Morgan fingerprint density at radius 2 is 2.05 bits per heavy atom. The Kier molecular flexibility index (Phi) is 4.63. The quantitative estimate of drug-likeness (QED) is 0.920. The van der Waals surface area contributed by atoms with E-state index in [2.05, 4.69) is 5.32 Å². The minimum Gasteiger partial charge on any atom is -0.497 e. The number of benzene rings is 1. The Morgan fingerprint density at radius 3 is 2.65 bits per heavy atom. The lowest BCUT2D eigenvalue weighted by Gasteiger charge is -2.17. The maximum absolute atomic E-state index is 12.0. The largest absolute Gasteiger partial charge is 0.497 e. The lowest BCUT2D eigenvalue weighted by molar-refractivity contribution is 0.0940. The van der Waals surface area contributed by atoms with Gasteiger partial charge in [0, 0.05) is 17.0 Å². The van der Waals surface area contributed by atoms with E-state index >= 15 is 0 Å². The first kappa shape index (κ1) is 14.4. The van der Waals surface area contributed by atoms with Crippen LogP contribution in [0.25, 0.3) is 0 Å². The molecule has 1 heterocycles. The molecule has 0 aliphatic heterocycles. The number of hydrogen-bond donors (Lipinski definition) is 1. The van der Waals surface area contributed by atoms with Crippen LogP contribution in [0.2, 0.25) is 0 Å². The van der Waals surface area contributed by atoms with Crippen molar-refractivity contribution in [2.75, 3.05) is 14.2 Å². The topological polar surface area (TPSA) is 47.6 Å². The number of hydrogen-bond acceptors (Lipinski definition) is 4. The van der Waals surface area contributed by atoms with Crippen molar-refractivity contribution in [3.8, 4) is 11.5 Å². The summed E-state index contributed by atoms with van der Waals surface area (Å²) in [5.74, 6) is 1.33. The molecule has 1 atom stereocenters. The summed E-state index contributed by atoms with van der Waals surface area (Å²) in [6.45, 7) is 1.93. The highest BCUT2D eigenvalue weighted by atomic mass is 32.1. The van der Waals surface area contributed by atoms with Gasteiger partial charge >= 0.3 is 0 Å². The molecular weight excluding hydrogens is 274 g/mol. The molecule has 2 aromatic rings. The van der Waals surface area contributed by atoms with E-state index < -0.39 is 0 Å². The zero-order valence-corrected chi connectivity index (χ0v) is 12.5. The average Bonchev–Trinajstić information content (AvgIpc) is 3.00. The summed E-state index contributed by atoms with van der Waals surface area (Å²) in [5.41, 5.74) is 1.59. The third-order valence-corrected chi connectivity index (χ3v) is 3.72. The third kappa shape index (κ3) is 3.11. The van der Waals surface area contributed by atoms with Crippen LogP contribution in [0.1, 0.15) is 28.9 Å². The predicted molar refractivity (Wildman–Crippen MR) is 79.7 cm³/mol. The second kappa shape index (κ2) is 6.43. The van der Waals surface area contributed by atoms with Crippen LogP contribution >= 0.6 is 11.3 Å². The Hall–Kier alpha value is -2.01. The van der Waals surface area contributed by atoms with Gasteiger partial charge in [-0.05, 0) is 30.5 Å². The third-order valence-electron chi connectivity index (χ3n) is 3.04. The lowest BCUT2D eigenvalue weighted by Crippen LogP contribution is -2.26. The van der Waals surface area contributed by atoms with Crippen molar-refractivity contribution >= 4 is 17.2 Å². The molecule has 0 spiro atoms. The molecule has 1 aromatic heterocycles. The van der Waals surface area contributed by atoms with Gasteiger partial charge in [0.1, 0.15) is 11.5 Å². The minimum absolute atomic E-state index is 0.0865. The number of rotatable bonds is 5. The second-order valence-corrected chi connectivity index (χ2v) is 5.10. The summed E-state index contributed by atoms with van der Waals surface area (Å²) in [6, 6.07) is 7.21. The molecule has 1 amide bonds. The first-order valence-electron chi connectivity index (χ1n) is 6.20. The van der Waals surface area contributed by atoms with Crippen LogP contribution in [0, 0.1) is 0 Å². The number of nitrogens with one attached hydrogen (secondary N) is 1. The van der Waals surface area contributed by atoms with Crippen molar-refractivity contribution in [3.05, 3.63) is 46.2 Å². The van der Waals surface area contributed by atoms with Crippen LogP contribution in [-0.2, 0) is 0 Å². The van der Waals surface area contributed by atoms with Gasteiger partial charge in [-0.2, -0.15) is 11.3 Å². The van der Waals surface area contributed by atoms with Crippen molar-refractivity contribution < 1.29 is 14.3 Å². The van der Waals surface area contributed by atoms with Gasteiger partial charge in [0.15, 0.2) is 0 Å². The number of amides is 1. The van der Waals surface area contributed by atoms with E-state index in [1.165, 1.54) is 11.3 Å². The van der Waals surface area contributed by atoms with Crippen molar-refractivity contribution in [2.24, 2.45) is 0 Å². The van der Waals surface area contributed by atoms with Gasteiger partial charge in [0.2, 0.25) is 0 Å². The van der Waals surface area contributed by atoms with Crippen LogP contribution in [0.3, 0.4) is 0 Å². The fourth-order valence-corrected chi connectivity index (χ4v) is 2.56. The fourth-order valence-electron chi connectivity index (χ4n) is 1.93. The van der Waals surface area contributed by atoms with E-state index in [1.54, 1.807) is 20.3 Å². The van der Waals surface area contributed by atoms with Gasteiger partial charge in [0.05, 0.1) is 25.8 Å². The van der Waals surface area contributed by atoms with E-state index in [1.807, 2.05) is 35.9 Å². The summed E-state index contributed by atoms with van der Waals surface area (Å²) < 4.78 is 10.5. The zero-order chi connectivity index (χ0) is 14.5. The molecule has 20 heavy (non-hydrogen) atoms. The lowest BCUT2D eigenvalue weighted by atomic mass is 10.1. The van der Waals surface area contributed by atoms with Crippen LogP contribution in [0.4, 0.5) is 0 Å². The summed E-state index contributed by atoms with van der Waals surface area (Å²) in [5, 5.41) is 6.67. The molecule has 0 aliphatic rings. The second-order valence-electron chi connectivity index (χ2n) is 4.32. The zero-order valence-electron chi connectivity index (χ0n) is 11.7. The summed E-state index contributed by atoms with van der Waals surface area (Å²) >= 11 is 1.50. The summed E-state index contributed by atoms with van der Waals surface area (Å²) in [7, 11) is 3.21. The van der Waals surface area contributed by atoms with Gasteiger partial charge in [-0.3, -0.25) is 4.79 Å². The Morgan fingerprint density at radius 1 is 1.25 bits per heavy atom. The van der Waals surface area contributed by atoms with Crippen molar-refractivity contribution in [1.82, 2.24) is 5.32 Å². The van der Waals surface area contributed by atoms with E-state index in [0.717, 1.165) is 11.3 Å². The molecule has 5 heteroatoms. The molecule has 2 rings (SSSR count). The van der Waals surface area contributed by atoms with Crippen LogP contribution in [0.5, 0.6) is 11.5 Å². The van der Waals surface area contributed by atoms with E-state index in [0.29, 0.717) is 11.3 Å². The number of carbonyl (C=O) groups is 1. The molecular formula is C15H17NO3S. The van der Waals surface area contributed by atoms with Gasteiger partial charge < -0.3 is 14.8 Å². The van der Waals surface area contributed by atoms with Crippen molar-refractivity contribution in [1.29, 1.82) is 0 Å². The maximum atomic E-state index is 12.0. The number of carbonyl (C=O) groups excluding carboxylic acids is 1. The molecule has 0 aliphatic carbocycles. The Labute approximate surface area is 122 Å². The van der Waals surface area contributed by atoms with Gasteiger partial charge in [-0.15, -0.1) is 0 Å². The number of ether oxygens (including phenoxy) is 2. The molecule has 0 radical (unpaired) electrons.